The Morgan fingerprint density at radius 3 is 2.47 bits per heavy atom. The third-order valence-electron chi connectivity index (χ3n) is 5.19. The second kappa shape index (κ2) is 12.2. The third-order valence-corrected chi connectivity index (χ3v) is 5.54. The van der Waals surface area contributed by atoms with Crippen LogP contribution in [-0.2, 0) is 13.1 Å². The number of nitrogens with one attached hydrogen (secondary N) is 2. The van der Waals surface area contributed by atoms with Gasteiger partial charge in [0.05, 0.1) is 7.11 Å². The van der Waals surface area contributed by atoms with Gasteiger partial charge in [-0.25, -0.2) is 0 Å². The lowest BCUT2D eigenvalue weighted by Crippen LogP contribution is -2.45. The van der Waals surface area contributed by atoms with Gasteiger partial charge in [-0.2, -0.15) is 0 Å². The fraction of sp³-hybridized carbons (Fsp3) is 0.409. The maximum absolute atomic E-state index is 6.56. The van der Waals surface area contributed by atoms with E-state index in [2.05, 4.69) is 44.6 Å². The predicted octanol–water partition coefficient (Wildman–Crippen LogP) is 3.58. The standard InChI is InChI=1S/C22H30ClN5O.HI/c1-24-22(25-15-17-6-4-7-18(14-17)29-3)26-16-19-20(23)8-5-9-21(19)28-12-10-27(2)11-13-28;/h4-9,14H,10-13,15-16H2,1-3H3,(H2,24,25,26);1H. The summed E-state index contributed by atoms with van der Waals surface area (Å²) in [5, 5.41) is 7.53. The topological polar surface area (TPSA) is 52.1 Å². The van der Waals surface area contributed by atoms with E-state index < -0.39 is 0 Å². The number of hydrogen-bond acceptors (Lipinski definition) is 4. The van der Waals surface area contributed by atoms with Crippen molar-refractivity contribution in [3.05, 3.63) is 58.6 Å². The van der Waals surface area contributed by atoms with E-state index in [1.165, 1.54) is 5.69 Å². The number of nitrogens with zero attached hydrogens (tertiary/aromatic N) is 3. The fourth-order valence-electron chi connectivity index (χ4n) is 3.43. The molecule has 1 saturated heterocycles. The summed E-state index contributed by atoms with van der Waals surface area (Å²) in [6.07, 6.45) is 0. The molecule has 2 aromatic carbocycles. The molecule has 0 aliphatic carbocycles. The van der Waals surface area contributed by atoms with E-state index in [1.54, 1.807) is 14.2 Å². The number of hydrogen-bond donors (Lipinski definition) is 2. The zero-order valence-electron chi connectivity index (χ0n) is 17.8. The molecule has 0 aromatic heterocycles. The van der Waals surface area contributed by atoms with Crippen LogP contribution in [0.3, 0.4) is 0 Å². The molecule has 1 aliphatic heterocycles. The van der Waals surface area contributed by atoms with Gasteiger partial charge in [0, 0.05) is 62.6 Å². The Bertz CT molecular complexity index is 840. The molecular formula is C22H31ClIN5O. The highest BCUT2D eigenvalue weighted by Gasteiger charge is 2.18. The van der Waals surface area contributed by atoms with Gasteiger partial charge in [-0.1, -0.05) is 29.8 Å². The van der Waals surface area contributed by atoms with Crippen LogP contribution in [0.1, 0.15) is 11.1 Å². The summed E-state index contributed by atoms with van der Waals surface area (Å²) < 4.78 is 5.29. The molecule has 6 nitrogen and oxygen atoms in total. The molecule has 1 aliphatic rings. The minimum absolute atomic E-state index is 0. The summed E-state index contributed by atoms with van der Waals surface area (Å²) in [5.74, 6) is 1.58. The Morgan fingerprint density at radius 2 is 1.77 bits per heavy atom. The first kappa shape index (κ1) is 24.6. The SMILES string of the molecule is CN=C(NCc1cccc(OC)c1)NCc1c(Cl)cccc1N1CCN(C)CC1.I. The molecule has 0 bridgehead atoms. The van der Waals surface area contributed by atoms with Crippen molar-refractivity contribution in [2.45, 2.75) is 13.1 Å². The highest BCUT2D eigenvalue weighted by atomic mass is 127. The van der Waals surface area contributed by atoms with Crippen molar-refractivity contribution < 1.29 is 4.74 Å². The average molecular weight is 544 g/mol. The van der Waals surface area contributed by atoms with Crippen LogP contribution < -0.4 is 20.3 Å². The molecule has 0 saturated carbocycles. The van der Waals surface area contributed by atoms with Crippen LogP contribution in [0.2, 0.25) is 5.02 Å². The minimum Gasteiger partial charge on any atom is -0.497 e. The van der Waals surface area contributed by atoms with Crippen LogP contribution >= 0.6 is 35.6 Å². The number of piperazine rings is 1. The van der Waals surface area contributed by atoms with Gasteiger partial charge >= 0.3 is 0 Å². The summed E-state index contributed by atoms with van der Waals surface area (Å²) in [7, 11) is 5.61. The molecule has 8 heteroatoms. The molecule has 30 heavy (non-hydrogen) atoms. The number of benzene rings is 2. The summed E-state index contributed by atoms with van der Waals surface area (Å²) >= 11 is 6.56. The van der Waals surface area contributed by atoms with Crippen LogP contribution in [0.15, 0.2) is 47.5 Å². The van der Waals surface area contributed by atoms with E-state index in [9.17, 15) is 0 Å². The van der Waals surface area contributed by atoms with Crippen LogP contribution in [0.4, 0.5) is 5.69 Å². The maximum atomic E-state index is 6.56. The molecule has 2 aromatic rings. The van der Waals surface area contributed by atoms with Gasteiger partial charge in [0.1, 0.15) is 5.75 Å². The number of methoxy groups -OCH3 is 1. The summed E-state index contributed by atoms with van der Waals surface area (Å²) in [6.45, 7) is 5.40. The maximum Gasteiger partial charge on any atom is 0.191 e. The van der Waals surface area contributed by atoms with E-state index in [0.29, 0.717) is 13.1 Å². The van der Waals surface area contributed by atoms with E-state index in [4.69, 9.17) is 16.3 Å². The number of ether oxygens (including phenoxy) is 1. The Labute approximate surface area is 201 Å². The van der Waals surface area contributed by atoms with Crippen molar-refractivity contribution in [1.29, 1.82) is 0 Å². The quantitative estimate of drug-likeness (QED) is 0.331. The highest BCUT2D eigenvalue weighted by molar-refractivity contribution is 14.0. The van der Waals surface area contributed by atoms with Crippen LogP contribution in [0.25, 0.3) is 0 Å². The van der Waals surface area contributed by atoms with Crippen molar-refractivity contribution in [1.82, 2.24) is 15.5 Å². The summed E-state index contributed by atoms with van der Waals surface area (Å²) in [4.78, 5) is 9.10. The van der Waals surface area contributed by atoms with Gasteiger partial charge in [-0.3, -0.25) is 4.99 Å². The minimum atomic E-state index is 0. The number of likely N-dealkylation sites (N-methyl/N-ethyl adjacent to an activating group) is 1. The van der Waals surface area contributed by atoms with Crippen molar-refractivity contribution in [3.63, 3.8) is 0 Å². The van der Waals surface area contributed by atoms with E-state index in [0.717, 1.165) is 54.0 Å². The normalized spacial score (nSPS) is 14.8. The first-order valence-electron chi connectivity index (χ1n) is 9.89. The molecule has 2 N–H and O–H groups in total. The Kier molecular flexibility index (Phi) is 10.0. The Hall–Kier alpha value is -1.71. The largest absolute Gasteiger partial charge is 0.497 e. The monoisotopic (exact) mass is 543 g/mol. The van der Waals surface area contributed by atoms with Gasteiger partial charge in [0.2, 0.25) is 0 Å². The molecular weight excluding hydrogens is 513 g/mol. The molecule has 0 spiro atoms. The predicted molar refractivity (Wildman–Crippen MR) is 137 cm³/mol. The summed E-state index contributed by atoms with van der Waals surface area (Å²) in [6, 6.07) is 14.1. The third kappa shape index (κ3) is 6.65. The second-order valence-corrected chi connectivity index (χ2v) is 7.57. The van der Waals surface area contributed by atoms with Gasteiger partial charge in [0.25, 0.3) is 0 Å². The molecule has 0 amide bonds. The second-order valence-electron chi connectivity index (χ2n) is 7.16. The smallest absolute Gasteiger partial charge is 0.191 e. The number of aliphatic imine (C=N–C) groups is 1. The van der Waals surface area contributed by atoms with Gasteiger partial charge in [-0.15, -0.1) is 24.0 Å². The van der Waals surface area contributed by atoms with E-state index in [1.807, 2.05) is 30.3 Å². The van der Waals surface area contributed by atoms with E-state index >= 15 is 0 Å². The first-order valence-corrected chi connectivity index (χ1v) is 10.3. The van der Waals surface area contributed by atoms with E-state index in [-0.39, 0.29) is 24.0 Å². The van der Waals surface area contributed by atoms with Gasteiger partial charge in [-0.05, 0) is 36.9 Å². The average Bonchev–Trinajstić information content (AvgIpc) is 2.75. The lowest BCUT2D eigenvalue weighted by Gasteiger charge is -2.35. The van der Waals surface area contributed by atoms with Crippen molar-refractivity contribution in [2.75, 3.05) is 52.3 Å². The Balaban J connectivity index is 0.00000320. The first-order chi connectivity index (χ1) is 14.1. The van der Waals surface area contributed by atoms with Crippen LogP contribution in [0, 0.1) is 0 Å². The molecule has 0 unspecified atom stereocenters. The molecule has 1 fully saturated rings. The van der Waals surface area contributed by atoms with Crippen molar-refractivity contribution >= 4 is 47.2 Å². The zero-order valence-corrected chi connectivity index (χ0v) is 20.9. The number of rotatable bonds is 6. The fourth-order valence-corrected chi connectivity index (χ4v) is 3.66. The molecule has 0 radical (unpaired) electrons. The number of halogens is 2. The lowest BCUT2D eigenvalue weighted by molar-refractivity contribution is 0.312. The summed E-state index contributed by atoms with van der Waals surface area (Å²) in [5.41, 5.74) is 3.42. The molecule has 0 atom stereocenters. The number of guanidine groups is 1. The lowest BCUT2D eigenvalue weighted by atomic mass is 10.1. The van der Waals surface area contributed by atoms with Gasteiger partial charge < -0.3 is 25.2 Å². The zero-order chi connectivity index (χ0) is 20.6. The number of anilines is 1. The molecule has 164 valence electrons. The van der Waals surface area contributed by atoms with Crippen LogP contribution in [0.5, 0.6) is 5.75 Å². The molecule has 1 heterocycles. The van der Waals surface area contributed by atoms with Crippen molar-refractivity contribution in [2.24, 2.45) is 4.99 Å². The van der Waals surface area contributed by atoms with Crippen LogP contribution in [-0.4, -0.2) is 58.2 Å². The molecule has 3 rings (SSSR count). The van der Waals surface area contributed by atoms with Crippen molar-refractivity contribution in [3.8, 4) is 5.75 Å². The highest BCUT2D eigenvalue weighted by Crippen LogP contribution is 2.28. The van der Waals surface area contributed by atoms with Gasteiger partial charge in [0.15, 0.2) is 5.96 Å². The Morgan fingerprint density at radius 1 is 1.07 bits per heavy atom.